The topological polar surface area (TPSA) is 285 Å². The van der Waals surface area contributed by atoms with Crippen LogP contribution < -0.4 is 34.0 Å². The summed E-state index contributed by atoms with van der Waals surface area (Å²) in [4.78, 5) is 112. The van der Waals surface area contributed by atoms with E-state index < -0.39 is 0 Å². The van der Waals surface area contributed by atoms with Crippen LogP contribution in [-0.4, -0.2) is 229 Å². The van der Waals surface area contributed by atoms with Gasteiger partial charge in [0.15, 0.2) is 0 Å². The molecule has 9 aromatic carbocycles. The monoisotopic (exact) mass is 1890 g/mol. The smallest absolute Gasteiger partial charge is 0.272 e. The number of nitriles is 3. The van der Waals surface area contributed by atoms with E-state index in [0.717, 1.165) is 158 Å². The molecule has 0 N–H and O–H groups in total. The minimum absolute atomic E-state index is 0.00761. The van der Waals surface area contributed by atoms with Gasteiger partial charge in [-0.15, -0.1) is 0 Å². The van der Waals surface area contributed by atoms with Crippen LogP contribution in [0.15, 0.2) is 225 Å². The molecule has 0 bridgehead atoms. The molecule has 5 amide bonds. The molecule has 26 heteroatoms. The second kappa shape index (κ2) is 44.2. The van der Waals surface area contributed by atoms with Gasteiger partial charge in [-0.1, -0.05) is 78.9 Å². The number of fused-ring (bicyclic) bond motifs is 5. The molecule has 11 heterocycles. The molecule has 0 saturated carbocycles. The molecule has 26 nitrogen and oxygen atoms in total. The molecule has 142 heavy (non-hydrogen) atoms. The van der Waals surface area contributed by atoms with Crippen LogP contribution in [0.25, 0.3) is 54.5 Å². The van der Waals surface area contributed by atoms with Gasteiger partial charge in [0.25, 0.3) is 29.5 Å². The summed E-state index contributed by atoms with van der Waals surface area (Å²) in [7, 11) is 3.20. The molecule has 0 radical (unpaired) electrons. The quantitative estimate of drug-likeness (QED) is 0.110. The van der Waals surface area contributed by atoms with Crippen molar-refractivity contribution in [2.75, 3.05) is 170 Å². The first kappa shape index (κ1) is 98.6. The van der Waals surface area contributed by atoms with Gasteiger partial charge >= 0.3 is 0 Å². The summed E-state index contributed by atoms with van der Waals surface area (Å²) in [6, 6.07) is 77.2. The van der Waals surface area contributed by atoms with Crippen LogP contribution in [0.1, 0.15) is 135 Å². The van der Waals surface area contributed by atoms with Gasteiger partial charge < -0.3 is 58.5 Å². The highest BCUT2D eigenvalue weighted by molar-refractivity contribution is 5.98. The number of piperazine rings is 5. The Kier molecular flexibility index (Phi) is 30.7. The molecule has 0 aliphatic carbocycles. The first-order valence-electron chi connectivity index (χ1n) is 48.4. The number of aryl methyl sites for hydroxylation is 12. The van der Waals surface area contributed by atoms with Crippen molar-refractivity contribution >= 4 is 113 Å². The lowest BCUT2D eigenvalue weighted by Crippen LogP contribution is -2.49. The van der Waals surface area contributed by atoms with E-state index in [2.05, 4.69) is 170 Å². The Hall–Kier alpha value is -16.4. The average molecular weight is 1890 g/mol. The number of hydrogen-bond acceptors (Lipinski definition) is 21. The number of aromatic nitrogens is 6. The van der Waals surface area contributed by atoms with Gasteiger partial charge in [-0.2, -0.15) is 15.8 Å². The second-order valence-corrected chi connectivity index (χ2v) is 37.2. The van der Waals surface area contributed by atoms with Crippen LogP contribution in [0.3, 0.4) is 0 Å². The molecule has 0 spiro atoms. The summed E-state index contributed by atoms with van der Waals surface area (Å²) in [5.74, 6) is 5.76. The van der Waals surface area contributed by atoms with Crippen LogP contribution >= 0.6 is 0 Å². The molecule has 5 saturated heterocycles. The molecule has 20 rings (SSSR count). The van der Waals surface area contributed by atoms with E-state index in [9.17, 15) is 39.8 Å². The zero-order chi connectivity index (χ0) is 100. The van der Waals surface area contributed by atoms with Crippen LogP contribution in [0.4, 0.5) is 29.1 Å². The van der Waals surface area contributed by atoms with Crippen molar-refractivity contribution < 1.29 is 33.4 Å². The van der Waals surface area contributed by atoms with E-state index in [1.807, 2.05) is 150 Å². The van der Waals surface area contributed by atoms with Crippen molar-refractivity contribution in [3.05, 3.63) is 336 Å². The van der Waals surface area contributed by atoms with Crippen LogP contribution in [0.2, 0.25) is 0 Å². The largest absolute Gasteiger partial charge is 0.497 e. The molecular formula is C116H119N19O7. The second-order valence-electron chi connectivity index (χ2n) is 37.2. The zero-order valence-corrected chi connectivity index (χ0v) is 83.4. The molecular weight excluding hydrogens is 1770 g/mol. The van der Waals surface area contributed by atoms with E-state index in [1.54, 1.807) is 73.8 Å². The molecule has 0 atom stereocenters. The molecule has 5 fully saturated rings. The van der Waals surface area contributed by atoms with Gasteiger partial charge in [-0.3, -0.25) is 29.0 Å². The SMILES string of the molecule is COc1ccc(C(=O)N2CCN(c3nc4cc(C)cc(C)c4cc3C#N)CC2)cc1.COc1cccc(C(=O)N2CCN(c3nc4cc(C)cc(C)c4cc3C#N)CC2)c1.Cc1cc(C)c2cc(C#N)c(N3CCN(C(=O)c4ccccn4)CC3)nc2c1.Cc1cc(C)c2cc(C)c(N3CCN(C(=O)c4ccccc4)CC3)nc2c1.Cc1cc(C)c2cc(C)c(N3CCN(C(=O)c4ccccc4)CC3)nc2c1. The first-order valence-corrected chi connectivity index (χ1v) is 48.4. The van der Waals surface area contributed by atoms with Gasteiger partial charge in [-0.05, 0) is 289 Å². The van der Waals surface area contributed by atoms with Gasteiger partial charge in [-0.25, -0.2) is 24.9 Å². The lowest BCUT2D eigenvalue weighted by Gasteiger charge is -2.36. The third kappa shape index (κ3) is 22.5. The zero-order valence-electron chi connectivity index (χ0n) is 83.4. The summed E-state index contributed by atoms with van der Waals surface area (Å²) < 4.78 is 10.4. The van der Waals surface area contributed by atoms with E-state index in [-0.39, 0.29) is 29.5 Å². The fourth-order valence-corrected chi connectivity index (χ4v) is 19.5. The summed E-state index contributed by atoms with van der Waals surface area (Å²) in [6.45, 7) is 38.5. The number of methoxy groups -OCH3 is 2. The minimum atomic E-state index is -0.0570. The lowest BCUT2D eigenvalue weighted by molar-refractivity contribution is 0.0734. The number of benzene rings is 9. The maximum atomic E-state index is 12.9. The third-order valence-electron chi connectivity index (χ3n) is 27.0. The number of pyridine rings is 6. The fourth-order valence-electron chi connectivity index (χ4n) is 19.5. The number of ether oxygens (including phenoxy) is 2. The lowest BCUT2D eigenvalue weighted by atomic mass is 10.0. The number of carbonyl (C=O) groups excluding carboxylic acids is 5. The van der Waals surface area contributed by atoms with Crippen LogP contribution in [0, 0.1) is 117 Å². The molecule has 5 aliphatic rings. The van der Waals surface area contributed by atoms with Crippen molar-refractivity contribution in [3.63, 3.8) is 0 Å². The molecule has 0 unspecified atom stereocenters. The molecule has 720 valence electrons. The van der Waals surface area contributed by atoms with E-state index in [4.69, 9.17) is 34.4 Å². The highest BCUT2D eigenvalue weighted by Crippen LogP contribution is 2.35. The van der Waals surface area contributed by atoms with Crippen molar-refractivity contribution in [1.29, 1.82) is 15.8 Å². The van der Waals surface area contributed by atoms with Crippen molar-refractivity contribution in [1.82, 2.24) is 54.4 Å². The maximum absolute atomic E-state index is 12.9. The summed E-state index contributed by atoms with van der Waals surface area (Å²) >= 11 is 0. The normalized spacial score (nSPS) is 14.2. The van der Waals surface area contributed by atoms with E-state index >= 15 is 0 Å². The molecule has 5 aliphatic heterocycles. The van der Waals surface area contributed by atoms with E-state index in [0.29, 0.717) is 135 Å². The molecule has 15 aromatic rings. The Labute approximate surface area is 830 Å². The number of amides is 5. The van der Waals surface area contributed by atoms with Gasteiger partial charge in [0.2, 0.25) is 0 Å². The van der Waals surface area contributed by atoms with Gasteiger partial charge in [0.1, 0.15) is 64.5 Å². The van der Waals surface area contributed by atoms with Crippen molar-refractivity contribution in [3.8, 4) is 29.7 Å². The van der Waals surface area contributed by atoms with Crippen LogP contribution in [-0.2, 0) is 0 Å². The van der Waals surface area contributed by atoms with Crippen molar-refractivity contribution in [2.24, 2.45) is 0 Å². The number of hydrogen-bond donors (Lipinski definition) is 0. The summed E-state index contributed by atoms with van der Waals surface area (Å²) in [5, 5.41) is 34.5. The van der Waals surface area contributed by atoms with Gasteiger partial charge in [0.05, 0.1) is 58.5 Å². The van der Waals surface area contributed by atoms with E-state index in [1.165, 1.54) is 44.2 Å². The molecule has 6 aromatic heterocycles. The van der Waals surface area contributed by atoms with Crippen LogP contribution in [0.5, 0.6) is 11.5 Å². The minimum Gasteiger partial charge on any atom is -0.497 e. The Morgan fingerprint density at radius 2 is 0.521 bits per heavy atom. The third-order valence-corrected chi connectivity index (χ3v) is 27.0. The highest BCUT2D eigenvalue weighted by Gasteiger charge is 2.32. The van der Waals surface area contributed by atoms with Gasteiger partial charge in [0, 0.05) is 186 Å². The fraction of sp³-hybridized carbons (Fsp3) is 0.293. The standard InChI is InChI=1S/2C24H24N4O2.2C23H25N3O.C22H21N5O/c1-16-12-17(2)21-14-19(15-25)23(26-22(21)13-16)27-8-10-28(11-9-27)24(29)18-4-6-20(30-3)7-5-18;1-16-11-17(2)21-14-19(15-25)23(26-22(21)12-16)27-7-9-28(10-8-27)24(29)18-5-4-6-20(13-18)30-3;2*1-16-13-17(2)20-15-18(3)22(24-21(20)14-16)25-9-11-26(12-10-25)23(27)19-7-5-4-6-8-19;1-15-11-16(2)18-13-17(14-23)21(25-20(18)12-15)26-7-9-27(10-8-26)22(28)19-5-3-4-6-24-19/h4-7,12-14H,8-11H2,1-3H3;4-6,11-14H,7-10H2,1-3H3;2*4-8,13-15H,9-12H2,1-3H3;3-6,11-13H,7-10H2,1-2H3. The Morgan fingerprint density at radius 1 is 0.254 bits per heavy atom. The number of carbonyl (C=O) groups is 5. The highest BCUT2D eigenvalue weighted by atomic mass is 16.5. The number of anilines is 5. The summed E-state index contributed by atoms with van der Waals surface area (Å²) in [5.41, 5.74) is 24.0. The van der Waals surface area contributed by atoms with Crippen molar-refractivity contribution in [2.45, 2.75) is 83.1 Å². The average Bonchev–Trinajstić information content (AvgIpc) is 0.801. The Bertz CT molecular complexity index is 7220. The Morgan fingerprint density at radius 3 is 0.817 bits per heavy atom. The first-order chi connectivity index (χ1) is 68.6. The number of rotatable bonds is 12. The maximum Gasteiger partial charge on any atom is 0.272 e. The number of nitrogens with zero attached hydrogens (tertiary/aromatic N) is 19. The predicted octanol–water partition coefficient (Wildman–Crippen LogP) is 18.7. The predicted molar refractivity (Wildman–Crippen MR) is 563 cm³/mol. The summed E-state index contributed by atoms with van der Waals surface area (Å²) in [6.07, 6.45) is 1.63. The Balaban J connectivity index is 0.000000128.